The number of nitrogens with two attached hydrogens (primary N) is 1. The lowest BCUT2D eigenvalue weighted by atomic mass is 9.91. The maximum absolute atomic E-state index is 13.0. The second kappa shape index (κ2) is 12.3. The van der Waals surface area contributed by atoms with Crippen molar-refractivity contribution in [2.75, 3.05) is 32.8 Å². The van der Waals surface area contributed by atoms with Gasteiger partial charge in [-0.15, -0.1) is 24.8 Å². The summed E-state index contributed by atoms with van der Waals surface area (Å²) in [5.41, 5.74) is 5.85. The highest BCUT2D eigenvalue weighted by molar-refractivity contribution is 5.85. The Morgan fingerprint density at radius 1 is 1.21 bits per heavy atom. The first-order valence-electron chi connectivity index (χ1n) is 9.03. The molecular weight excluding hydrogens is 349 g/mol. The van der Waals surface area contributed by atoms with Crippen LogP contribution in [-0.2, 0) is 9.53 Å². The van der Waals surface area contributed by atoms with Crippen molar-refractivity contribution in [2.24, 2.45) is 17.6 Å². The standard InChI is InChI=1S/C17H33N3O2.2ClH/c1-3-13(4-2)16(20-8-10-22-11-9-20)17(21)19-15-7-5-6-14(15)12-18;;/h13-16H,3-12,18H2,1-2H3,(H,19,21);2*1H. The molecule has 24 heavy (non-hydrogen) atoms. The molecule has 1 saturated carbocycles. The molecule has 2 fully saturated rings. The predicted octanol–water partition coefficient (Wildman–Crippen LogP) is 2.21. The van der Waals surface area contributed by atoms with Gasteiger partial charge in [0.15, 0.2) is 0 Å². The number of nitrogens with zero attached hydrogens (tertiary/aromatic N) is 1. The van der Waals surface area contributed by atoms with Crippen LogP contribution in [-0.4, -0.2) is 55.7 Å². The first kappa shape index (κ1) is 23.9. The first-order valence-corrected chi connectivity index (χ1v) is 9.03. The summed E-state index contributed by atoms with van der Waals surface area (Å²) < 4.78 is 5.45. The van der Waals surface area contributed by atoms with Gasteiger partial charge in [-0.3, -0.25) is 9.69 Å². The van der Waals surface area contributed by atoms with Crippen LogP contribution in [0.4, 0.5) is 0 Å². The highest BCUT2D eigenvalue weighted by Crippen LogP contribution is 2.26. The van der Waals surface area contributed by atoms with Gasteiger partial charge in [0.25, 0.3) is 0 Å². The van der Waals surface area contributed by atoms with Crippen LogP contribution in [0.5, 0.6) is 0 Å². The molecule has 144 valence electrons. The summed E-state index contributed by atoms with van der Waals surface area (Å²) in [5, 5.41) is 3.32. The minimum Gasteiger partial charge on any atom is -0.379 e. The average molecular weight is 384 g/mol. The van der Waals surface area contributed by atoms with Crippen LogP contribution >= 0.6 is 24.8 Å². The lowest BCUT2D eigenvalue weighted by Crippen LogP contribution is -2.56. The van der Waals surface area contributed by atoms with Crippen LogP contribution in [0.1, 0.15) is 46.0 Å². The number of nitrogens with one attached hydrogen (secondary N) is 1. The van der Waals surface area contributed by atoms with E-state index < -0.39 is 0 Å². The zero-order valence-electron chi connectivity index (χ0n) is 15.0. The molecule has 5 nitrogen and oxygen atoms in total. The Morgan fingerprint density at radius 3 is 2.38 bits per heavy atom. The molecule has 1 saturated heterocycles. The number of amides is 1. The summed E-state index contributed by atoms with van der Waals surface area (Å²) in [4.78, 5) is 15.3. The van der Waals surface area contributed by atoms with Gasteiger partial charge in [-0.2, -0.15) is 0 Å². The summed E-state index contributed by atoms with van der Waals surface area (Å²) in [6.45, 7) is 8.25. The van der Waals surface area contributed by atoms with Gasteiger partial charge in [0.2, 0.25) is 5.91 Å². The van der Waals surface area contributed by atoms with Crippen molar-refractivity contribution in [3.05, 3.63) is 0 Å². The highest BCUT2D eigenvalue weighted by Gasteiger charge is 2.35. The molecule has 2 aliphatic rings. The SMILES string of the molecule is CCC(CC)C(C(=O)NC1CCCC1CN)N1CCOCC1.Cl.Cl. The van der Waals surface area contributed by atoms with E-state index in [0.717, 1.165) is 52.0 Å². The monoisotopic (exact) mass is 383 g/mol. The van der Waals surface area contributed by atoms with E-state index in [2.05, 4.69) is 24.1 Å². The van der Waals surface area contributed by atoms with Crippen LogP contribution in [0.2, 0.25) is 0 Å². The maximum atomic E-state index is 13.0. The molecule has 0 aromatic rings. The molecule has 3 N–H and O–H groups in total. The fraction of sp³-hybridized carbons (Fsp3) is 0.941. The van der Waals surface area contributed by atoms with Crippen molar-refractivity contribution in [1.29, 1.82) is 0 Å². The molecule has 0 spiro atoms. The number of carbonyl (C=O) groups is 1. The van der Waals surface area contributed by atoms with E-state index in [1.54, 1.807) is 0 Å². The summed E-state index contributed by atoms with van der Waals surface area (Å²) >= 11 is 0. The third-order valence-electron chi connectivity index (χ3n) is 5.49. The summed E-state index contributed by atoms with van der Waals surface area (Å²) in [7, 11) is 0. The van der Waals surface area contributed by atoms with Crippen molar-refractivity contribution >= 4 is 30.7 Å². The molecule has 1 heterocycles. The van der Waals surface area contributed by atoms with Crippen molar-refractivity contribution < 1.29 is 9.53 Å². The molecule has 2 rings (SSSR count). The van der Waals surface area contributed by atoms with Gasteiger partial charge in [-0.05, 0) is 31.2 Å². The van der Waals surface area contributed by atoms with E-state index in [0.29, 0.717) is 18.4 Å². The van der Waals surface area contributed by atoms with Gasteiger partial charge >= 0.3 is 0 Å². The van der Waals surface area contributed by atoms with E-state index in [1.165, 1.54) is 6.42 Å². The van der Waals surface area contributed by atoms with Crippen LogP contribution in [0.15, 0.2) is 0 Å². The summed E-state index contributed by atoms with van der Waals surface area (Å²) in [6.07, 6.45) is 5.48. The molecular formula is C17H35Cl2N3O2. The molecule has 3 atom stereocenters. The largest absolute Gasteiger partial charge is 0.379 e. The average Bonchev–Trinajstić information content (AvgIpc) is 3.00. The van der Waals surface area contributed by atoms with Gasteiger partial charge < -0.3 is 15.8 Å². The molecule has 0 radical (unpaired) electrons. The van der Waals surface area contributed by atoms with Gasteiger partial charge in [0, 0.05) is 19.1 Å². The molecule has 1 amide bonds. The Kier molecular flexibility index (Phi) is 12.3. The number of hydrogen-bond acceptors (Lipinski definition) is 4. The number of hydrogen-bond donors (Lipinski definition) is 2. The number of morpholine rings is 1. The third kappa shape index (κ3) is 6.03. The zero-order valence-corrected chi connectivity index (χ0v) is 16.7. The smallest absolute Gasteiger partial charge is 0.237 e. The Labute approximate surface area is 159 Å². The van der Waals surface area contributed by atoms with Crippen LogP contribution in [0.25, 0.3) is 0 Å². The summed E-state index contributed by atoms with van der Waals surface area (Å²) in [6, 6.07) is 0.258. The van der Waals surface area contributed by atoms with Gasteiger partial charge in [0.1, 0.15) is 0 Å². The fourth-order valence-electron chi connectivity index (χ4n) is 4.05. The summed E-state index contributed by atoms with van der Waals surface area (Å²) in [5.74, 6) is 1.08. The molecule has 1 aliphatic heterocycles. The second-order valence-electron chi connectivity index (χ2n) is 6.71. The highest BCUT2D eigenvalue weighted by atomic mass is 35.5. The third-order valence-corrected chi connectivity index (χ3v) is 5.49. The van der Waals surface area contributed by atoms with Crippen molar-refractivity contribution in [1.82, 2.24) is 10.2 Å². The van der Waals surface area contributed by atoms with E-state index >= 15 is 0 Å². The maximum Gasteiger partial charge on any atom is 0.237 e. The number of ether oxygens (including phenoxy) is 1. The Hall–Kier alpha value is -0.0700. The predicted molar refractivity (Wildman–Crippen MR) is 103 cm³/mol. The lowest BCUT2D eigenvalue weighted by molar-refractivity contribution is -0.131. The van der Waals surface area contributed by atoms with Gasteiger partial charge in [-0.25, -0.2) is 0 Å². The van der Waals surface area contributed by atoms with E-state index in [9.17, 15) is 4.79 Å². The van der Waals surface area contributed by atoms with E-state index in [4.69, 9.17) is 10.5 Å². The molecule has 7 heteroatoms. The van der Waals surface area contributed by atoms with Crippen molar-refractivity contribution in [3.63, 3.8) is 0 Å². The number of carbonyl (C=O) groups excluding carboxylic acids is 1. The minimum absolute atomic E-state index is 0. The second-order valence-corrected chi connectivity index (χ2v) is 6.71. The normalized spacial score (nSPS) is 25.7. The molecule has 1 aliphatic carbocycles. The van der Waals surface area contributed by atoms with Crippen LogP contribution < -0.4 is 11.1 Å². The zero-order chi connectivity index (χ0) is 15.9. The Morgan fingerprint density at radius 2 is 1.83 bits per heavy atom. The number of rotatable bonds is 7. The molecule has 0 aromatic heterocycles. The molecule has 3 unspecified atom stereocenters. The quantitative estimate of drug-likeness (QED) is 0.706. The van der Waals surface area contributed by atoms with E-state index in [1.807, 2.05) is 0 Å². The van der Waals surface area contributed by atoms with Gasteiger partial charge in [0.05, 0.1) is 19.3 Å². The van der Waals surface area contributed by atoms with Crippen molar-refractivity contribution in [3.8, 4) is 0 Å². The van der Waals surface area contributed by atoms with Gasteiger partial charge in [-0.1, -0.05) is 33.1 Å². The number of halogens is 2. The van der Waals surface area contributed by atoms with Crippen LogP contribution in [0.3, 0.4) is 0 Å². The molecule has 0 aromatic carbocycles. The lowest BCUT2D eigenvalue weighted by Gasteiger charge is -2.38. The van der Waals surface area contributed by atoms with Crippen LogP contribution in [0, 0.1) is 11.8 Å². The van der Waals surface area contributed by atoms with Crippen molar-refractivity contribution in [2.45, 2.75) is 58.0 Å². The minimum atomic E-state index is -0.0158. The molecule has 0 bridgehead atoms. The fourth-order valence-corrected chi connectivity index (χ4v) is 4.05. The van der Waals surface area contributed by atoms with E-state index in [-0.39, 0.29) is 42.8 Å². The first-order chi connectivity index (χ1) is 10.7. The Balaban J connectivity index is 0.00000264. The Bertz CT molecular complexity index is 351. The topological polar surface area (TPSA) is 67.6 Å².